The predicted molar refractivity (Wildman–Crippen MR) is 24.0 cm³/mol. The first-order valence-electron chi connectivity index (χ1n) is 2.20. The summed E-state index contributed by atoms with van der Waals surface area (Å²) < 4.78 is 0. The number of hydrogen-bond acceptors (Lipinski definition) is 2. The second-order valence-corrected chi connectivity index (χ2v) is 1.77. The zero-order valence-corrected chi connectivity index (χ0v) is 4.01. The number of aliphatic carboxylic acids is 1. The van der Waals surface area contributed by atoms with E-state index >= 15 is 0 Å². The molecule has 0 saturated carbocycles. The molecule has 0 amide bonds. The average molecular weight is 101 g/mol. The molecule has 40 valence electrons. The molecular formula is C4H7NO2. The number of hydrogen-bond donors (Lipinski definition) is 2. The Bertz CT molecular complexity index is 102. The SMILES string of the molecule is CC1NC1C(=O)O. The summed E-state index contributed by atoms with van der Waals surface area (Å²) in [5.74, 6) is -0.743. The lowest BCUT2D eigenvalue weighted by molar-refractivity contribution is -0.136. The maximum Gasteiger partial charge on any atom is 0.322 e. The van der Waals surface area contributed by atoms with E-state index in [-0.39, 0.29) is 12.1 Å². The fourth-order valence-electron chi connectivity index (χ4n) is 0.513. The Balaban J connectivity index is 2.33. The third kappa shape index (κ3) is 0.718. The summed E-state index contributed by atoms with van der Waals surface area (Å²) in [7, 11) is 0. The van der Waals surface area contributed by atoms with Crippen molar-refractivity contribution in [2.24, 2.45) is 0 Å². The van der Waals surface area contributed by atoms with E-state index in [0.29, 0.717) is 0 Å². The molecule has 0 aliphatic carbocycles. The molecule has 0 spiro atoms. The number of carboxylic acids is 1. The highest BCUT2D eigenvalue weighted by molar-refractivity contribution is 5.77. The van der Waals surface area contributed by atoms with Crippen molar-refractivity contribution < 1.29 is 9.90 Å². The van der Waals surface area contributed by atoms with Gasteiger partial charge in [-0.3, -0.25) is 10.1 Å². The zero-order valence-electron chi connectivity index (χ0n) is 4.01. The van der Waals surface area contributed by atoms with Crippen molar-refractivity contribution in [1.29, 1.82) is 0 Å². The molecular weight excluding hydrogens is 94.0 g/mol. The number of carboxylic acid groups (broad SMARTS) is 1. The molecule has 0 aromatic heterocycles. The second-order valence-electron chi connectivity index (χ2n) is 1.77. The van der Waals surface area contributed by atoms with E-state index in [1.807, 2.05) is 6.92 Å². The largest absolute Gasteiger partial charge is 0.480 e. The molecule has 1 fully saturated rings. The van der Waals surface area contributed by atoms with Crippen LogP contribution >= 0.6 is 0 Å². The lowest BCUT2D eigenvalue weighted by Gasteiger charge is -1.77. The monoisotopic (exact) mass is 101 g/mol. The van der Waals surface area contributed by atoms with Gasteiger partial charge in [0.25, 0.3) is 0 Å². The minimum atomic E-state index is -0.743. The van der Waals surface area contributed by atoms with Crippen molar-refractivity contribution in [2.75, 3.05) is 0 Å². The summed E-state index contributed by atoms with van der Waals surface area (Å²) in [5.41, 5.74) is 0. The maximum atomic E-state index is 9.91. The Kier molecular flexibility index (Phi) is 0.785. The molecule has 1 heterocycles. The normalized spacial score (nSPS) is 37.9. The van der Waals surface area contributed by atoms with E-state index in [2.05, 4.69) is 5.32 Å². The lowest BCUT2D eigenvalue weighted by Crippen LogP contribution is -2.07. The van der Waals surface area contributed by atoms with E-state index < -0.39 is 5.97 Å². The Morgan fingerprint density at radius 1 is 1.86 bits per heavy atom. The summed E-state index contributed by atoms with van der Waals surface area (Å²) in [6.45, 7) is 1.85. The van der Waals surface area contributed by atoms with Gasteiger partial charge in [0.15, 0.2) is 0 Å². The van der Waals surface area contributed by atoms with Crippen LogP contribution in [0.4, 0.5) is 0 Å². The van der Waals surface area contributed by atoms with Gasteiger partial charge in [0.2, 0.25) is 0 Å². The van der Waals surface area contributed by atoms with Crippen molar-refractivity contribution in [1.82, 2.24) is 5.32 Å². The van der Waals surface area contributed by atoms with Gasteiger partial charge in [-0.25, -0.2) is 0 Å². The predicted octanol–water partition coefficient (Wildman–Crippen LogP) is -0.569. The average Bonchev–Trinajstić information content (AvgIpc) is 2.17. The van der Waals surface area contributed by atoms with Crippen molar-refractivity contribution in [2.45, 2.75) is 19.0 Å². The van der Waals surface area contributed by atoms with Gasteiger partial charge in [-0.2, -0.15) is 0 Å². The molecule has 0 radical (unpaired) electrons. The summed E-state index contributed by atoms with van der Waals surface area (Å²) in [5, 5.41) is 10.9. The molecule has 3 nitrogen and oxygen atoms in total. The molecule has 1 aliphatic rings. The molecule has 0 aromatic carbocycles. The topological polar surface area (TPSA) is 59.2 Å². The Hall–Kier alpha value is -0.570. The molecule has 1 saturated heterocycles. The van der Waals surface area contributed by atoms with Gasteiger partial charge >= 0.3 is 5.97 Å². The molecule has 0 bridgehead atoms. The van der Waals surface area contributed by atoms with E-state index in [4.69, 9.17) is 5.11 Å². The van der Waals surface area contributed by atoms with Crippen LogP contribution in [-0.2, 0) is 4.79 Å². The molecule has 2 unspecified atom stereocenters. The van der Waals surface area contributed by atoms with Gasteiger partial charge in [0, 0.05) is 6.04 Å². The fraction of sp³-hybridized carbons (Fsp3) is 0.750. The minimum Gasteiger partial charge on any atom is -0.480 e. The van der Waals surface area contributed by atoms with Gasteiger partial charge in [0.1, 0.15) is 6.04 Å². The Morgan fingerprint density at radius 2 is 2.29 bits per heavy atom. The number of rotatable bonds is 1. The van der Waals surface area contributed by atoms with Crippen molar-refractivity contribution in [3.63, 3.8) is 0 Å². The molecule has 7 heavy (non-hydrogen) atoms. The van der Waals surface area contributed by atoms with Gasteiger partial charge in [0.05, 0.1) is 0 Å². The number of carbonyl (C=O) groups is 1. The molecule has 2 atom stereocenters. The van der Waals surface area contributed by atoms with E-state index in [0.717, 1.165) is 0 Å². The van der Waals surface area contributed by atoms with Crippen LogP contribution in [0.3, 0.4) is 0 Å². The quantitative estimate of drug-likeness (QED) is 0.435. The number of nitrogens with one attached hydrogen (secondary N) is 1. The van der Waals surface area contributed by atoms with Crippen molar-refractivity contribution in [3.05, 3.63) is 0 Å². The van der Waals surface area contributed by atoms with Crippen LogP contribution in [0.15, 0.2) is 0 Å². The van der Waals surface area contributed by atoms with Gasteiger partial charge in [-0.15, -0.1) is 0 Å². The van der Waals surface area contributed by atoms with Crippen molar-refractivity contribution >= 4 is 5.97 Å². The van der Waals surface area contributed by atoms with Gasteiger partial charge in [-0.05, 0) is 6.92 Å². The third-order valence-corrected chi connectivity index (χ3v) is 1.10. The first kappa shape index (κ1) is 4.59. The third-order valence-electron chi connectivity index (χ3n) is 1.10. The van der Waals surface area contributed by atoms with Crippen LogP contribution in [-0.4, -0.2) is 23.2 Å². The Labute approximate surface area is 41.3 Å². The highest BCUT2D eigenvalue weighted by atomic mass is 16.4. The fourth-order valence-corrected chi connectivity index (χ4v) is 0.513. The van der Waals surface area contributed by atoms with Crippen LogP contribution in [0, 0.1) is 0 Å². The second kappa shape index (κ2) is 1.20. The standard InChI is InChI=1S/C4H7NO2/c1-2-3(5-2)4(6)7/h2-3,5H,1H3,(H,6,7). The van der Waals surface area contributed by atoms with Crippen LogP contribution in [0.5, 0.6) is 0 Å². The van der Waals surface area contributed by atoms with Crippen LogP contribution in [0.25, 0.3) is 0 Å². The summed E-state index contributed by atoms with van der Waals surface area (Å²) in [4.78, 5) is 9.91. The molecule has 2 N–H and O–H groups in total. The minimum absolute atomic E-state index is 0.192. The maximum absolute atomic E-state index is 9.91. The Morgan fingerprint density at radius 3 is 2.29 bits per heavy atom. The molecule has 1 rings (SSSR count). The first-order valence-corrected chi connectivity index (χ1v) is 2.20. The highest BCUT2D eigenvalue weighted by Gasteiger charge is 2.38. The van der Waals surface area contributed by atoms with Crippen LogP contribution < -0.4 is 5.32 Å². The van der Waals surface area contributed by atoms with E-state index in [9.17, 15) is 4.79 Å². The molecule has 1 aliphatic heterocycles. The van der Waals surface area contributed by atoms with Crippen molar-refractivity contribution in [3.8, 4) is 0 Å². The van der Waals surface area contributed by atoms with Crippen LogP contribution in [0.1, 0.15) is 6.92 Å². The first-order chi connectivity index (χ1) is 3.22. The summed E-state index contributed by atoms with van der Waals surface area (Å²) in [6, 6.07) is -0.0718. The highest BCUT2D eigenvalue weighted by Crippen LogP contribution is 2.07. The van der Waals surface area contributed by atoms with Crippen LogP contribution in [0.2, 0.25) is 0 Å². The summed E-state index contributed by atoms with van der Waals surface area (Å²) in [6.07, 6.45) is 0. The smallest absolute Gasteiger partial charge is 0.322 e. The van der Waals surface area contributed by atoms with Gasteiger partial charge < -0.3 is 5.11 Å². The summed E-state index contributed by atoms with van der Waals surface area (Å²) >= 11 is 0. The lowest BCUT2D eigenvalue weighted by atomic mass is 10.4. The zero-order chi connectivity index (χ0) is 5.44. The molecule has 0 aromatic rings. The van der Waals surface area contributed by atoms with Gasteiger partial charge in [-0.1, -0.05) is 0 Å². The van der Waals surface area contributed by atoms with E-state index in [1.165, 1.54) is 0 Å². The van der Waals surface area contributed by atoms with E-state index in [1.54, 1.807) is 0 Å². The molecule has 3 heteroatoms.